The molecule has 162 valence electrons. The molecular weight excluding hydrogens is 383 g/mol. The van der Waals surface area contributed by atoms with Gasteiger partial charge in [0.25, 0.3) is 0 Å². The summed E-state index contributed by atoms with van der Waals surface area (Å²) in [6, 6.07) is 0. The van der Waals surface area contributed by atoms with Crippen molar-refractivity contribution >= 4 is 17.5 Å². The third-order valence-corrected chi connectivity index (χ3v) is 11.0. The van der Waals surface area contributed by atoms with E-state index >= 15 is 4.39 Å². The van der Waals surface area contributed by atoms with Crippen LogP contribution in [0.5, 0.6) is 0 Å². The van der Waals surface area contributed by atoms with Gasteiger partial charge in [-0.1, -0.05) is 45.3 Å². The molecule has 0 heterocycles. The molecule has 0 aromatic heterocycles. The van der Waals surface area contributed by atoms with E-state index < -0.39 is 17.2 Å². The van der Waals surface area contributed by atoms with Gasteiger partial charge in [0.15, 0.2) is 11.5 Å². The van der Waals surface area contributed by atoms with Crippen molar-refractivity contribution in [1.29, 1.82) is 0 Å². The zero-order valence-corrected chi connectivity index (χ0v) is 19.3. The quantitative estimate of drug-likeness (QED) is 0.589. The van der Waals surface area contributed by atoms with Gasteiger partial charge in [-0.05, 0) is 74.7 Å². The smallest absolute Gasteiger partial charge is 0.178 e. The van der Waals surface area contributed by atoms with Crippen molar-refractivity contribution < 1.29 is 14.3 Å². The molecule has 0 aromatic carbocycles. The first kappa shape index (κ1) is 21.6. The fourth-order valence-corrected chi connectivity index (χ4v) is 9.41. The van der Waals surface area contributed by atoms with Crippen LogP contribution in [0.3, 0.4) is 0 Å². The van der Waals surface area contributed by atoms with Crippen molar-refractivity contribution in [3.05, 3.63) is 23.8 Å². The van der Waals surface area contributed by atoms with Crippen LogP contribution in [0.15, 0.2) is 23.8 Å². The zero-order valence-electron chi connectivity index (χ0n) is 18.5. The summed E-state index contributed by atoms with van der Waals surface area (Å²) < 4.78 is 17.2. The second-order valence-electron chi connectivity index (χ2n) is 10.3. The first-order valence-electron chi connectivity index (χ1n) is 11.6. The van der Waals surface area contributed by atoms with Gasteiger partial charge in [0.05, 0.1) is 6.10 Å². The number of alkyl halides is 1. The van der Waals surface area contributed by atoms with E-state index in [-0.39, 0.29) is 21.9 Å². The highest BCUT2D eigenvalue weighted by atomic mass is 32.2. The summed E-state index contributed by atoms with van der Waals surface area (Å²) in [5.41, 5.74) is -1.70. The number of halogens is 1. The summed E-state index contributed by atoms with van der Waals surface area (Å²) >= 11 is 2.07. The van der Waals surface area contributed by atoms with Gasteiger partial charge in [-0.15, -0.1) is 0 Å². The maximum absolute atomic E-state index is 17.1. The summed E-state index contributed by atoms with van der Waals surface area (Å²) in [5, 5.41) is 11.4. The number of ketones is 1. The van der Waals surface area contributed by atoms with Crippen LogP contribution in [-0.4, -0.2) is 33.2 Å². The third-order valence-electron chi connectivity index (χ3n) is 9.29. The first-order chi connectivity index (χ1) is 13.7. The minimum Gasteiger partial charge on any atom is -0.390 e. The molecule has 1 N–H and O–H groups in total. The molecule has 3 saturated carbocycles. The highest BCUT2D eigenvalue weighted by Gasteiger charge is 2.72. The number of fused-ring (bicyclic) bond motifs is 5. The molecule has 0 saturated heterocycles. The number of carbonyl (C=O) groups is 1. The number of rotatable bonds is 5. The molecule has 0 radical (unpaired) electrons. The number of hydrogen-bond donors (Lipinski definition) is 1. The highest BCUT2D eigenvalue weighted by Crippen LogP contribution is 2.72. The van der Waals surface area contributed by atoms with Crippen LogP contribution in [0.25, 0.3) is 0 Å². The fraction of sp³-hybridized carbons (Fsp3) is 0.800. The average molecular weight is 421 g/mol. The fourth-order valence-electron chi connectivity index (χ4n) is 7.75. The Labute approximate surface area is 179 Å². The third kappa shape index (κ3) is 2.73. The topological polar surface area (TPSA) is 37.3 Å². The first-order valence-corrected chi connectivity index (χ1v) is 12.6. The molecule has 29 heavy (non-hydrogen) atoms. The lowest BCUT2D eigenvalue weighted by molar-refractivity contribution is -0.192. The molecule has 0 bridgehead atoms. The Kier molecular flexibility index (Phi) is 5.38. The van der Waals surface area contributed by atoms with Crippen LogP contribution in [0.1, 0.15) is 79.1 Å². The number of thioether (sulfide) groups is 1. The summed E-state index contributed by atoms with van der Waals surface area (Å²) in [5.74, 6) is 1.19. The summed E-state index contributed by atoms with van der Waals surface area (Å²) in [6.45, 7) is 8.75. The van der Waals surface area contributed by atoms with E-state index in [1.807, 2.05) is 6.92 Å². The summed E-state index contributed by atoms with van der Waals surface area (Å²) in [7, 11) is 0. The number of hydrogen-bond acceptors (Lipinski definition) is 3. The SMILES string of the molecule is CCCC[C@]1(SCC)CC[C@H]2[C@@H]3CCC4=CC(=O)C=C[C@]4(C)[C@@]3(F)[C@@H](O)C[C@@]21C. The van der Waals surface area contributed by atoms with Crippen LogP contribution in [0.2, 0.25) is 0 Å². The average Bonchev–Trinajstić information content (AvgIpc) is 2.95. The lowest BCUT2D eigenvalue weighted by Gasteiger charge is -2.63. The predicted octanol–water partition coefficient (Wildman–Crippen LogP) is 6.04. The van der Waals surface area contributed by atoms with Crippen molar-refractivity contribution in [3.63, 3.8) is 0 Å². The van der Waals surface area contributed by atoms with Crippen molar-refractivity contribution in [2.45, 2.75) is 95.6 Å². The monoisotopic (exact) mass is 420 g/mol. The molecule has 0 aromatic rings. The van der Waals surface area contributed by atoms with Crippen molar-refractivity contribution in [2.24, 2.45) is 22.7 Å². The minimum atomic E-state index is -1.68. The molecular formula is C25H37FO2S. The second-order valence-corrected chi connectivity index (χ2v) is 12.0. The van der Waals surface area contributed by atoms with E-state index in [9.17, 15) is 9.90 Å². The van der Waals surface area contributed by atoms with Gasteiger partial charge >= 0.3 is 0 Å². The standard InChI is InChI=1S/C25H37FO2S/c1-5-7-12-24(29-6-2)14-11-19-20-9-8-17-15-18(27)10-13-22(17,3)25(20,26)21(28)16-23(19,24)4/h10,13,15,19-21,28H,5-9,11-12,14,16H2,1-4H3/t19-,20-,21-,22-,23-,24-,25-/m0/s1. The number of carbonyl (C=O) groups excluding carboxylic acids is 1. The number of allylic oxidation sites excluding steroid dienone is 4. The molecule has 4 rings (SSSR count). The Morgan fingerprint density at radius 1 is 1.24 bits per heavy atom. The van der Waals surface area contributed by atoms with E-state index in [1.54, 1.807) is 12.2 Å². The number of unbranched alkanes of at least 4 members (excludes halogenated alkanes) is 1. The molecule has 0 amide bonds. The lowest BCUT2D eigenvalue weighted by atomic mass is 9.45. The van der Waals surface area contributed by atoms with Gasteiger partial charge in [0.1, 0.15) is 0 Å². The van der Waals surface area contributed by atoms with Gasteiger partial charge in [0, 0.05) is 16.1 Å². The molecule has 0 spiro atoms. The van der Waals surface area contributed by atoms with Gasteiger partial charge < -0.3 is 5.11 Å². The van der Waals surface area contributed by atoms with Gasteiger partial charge in [0.2, 0.25) is 0 Å². The van der Waals surface area contributed by atoms with Gasteiger partial charge in [-0.2, -0.15) is 11.8 Å². The van der Waals surface area contributed by atoms with Crippen LogP contribution in [0.4, 0.5) is 4.39 Å². The van der Waals surface area contributed by atoms with E-state index in [2.05, 4.69) is 32.5 Å². The highest BCUT2D eigenvalue weighted by molar-refractivity contribution is 8.00. The maximum atomic E-state index is 17.1. The second kappa shape index (κ2) is 7.22. The molecule has 2 nitrogen and oxygen atoms in total. The summed E-state index contributed by atoms with van der Waals surface area (Å²) in [4.78, 5) is 11.9. The normalized spacial score (nSPS) is 48.7. The van der Waals surface area contributed by atoms with E-state index in [0.717, 1.165) is 37.0 Å². The Morgan fingerprint density at radius 2 is 2.00 bits per heavy atom. The zero-order chi connectivity index (χ0) is 21.1. The molecule has 0 unspecified atom stereocenters. The van der Waals surface area contributed by atoms with Crippen LogP contribution < -0.4 is 0 Å². The van der Waals surface area contributed by atoms with Crippen LogP contribution in [0, 0.1) is 22.7 Å². The predicted molar refractivity (Wildman–Crippen MR) is 119 cm³/mol. The Balaban J connectivity index is 1.76. The van der Waals surface area contributed by atoms with Crippen molar-refractivity contribution in [3.8, 4) is 0 Å². The number of aliphatic hydroxyl groups excluding tert-OH is 1. The molecule has 4 heteroatoms. The van der Waals surface area contributed by atoms with Gasteiger partial charge in [-0.25, -0.2) is 4.39 Å². The molecule has 4 aliphatic rings. The molecule has 0 aliphatic heterocycles. The van der Waals surface area contributed by atoms with E-state index in [1.165, 1.54) is 25.3 Å². The number of aliphatic hydroxyl groups is 1. The lowest BCUT2D eigenvalue weighted by Crippen LogP contribution is -2.67. The Hall–Kier alpha value is -0.610. The van der Waals surface area contributed by atoms with Gasteiger partial charge in [-0.3, -0.25) is 4.79 Å². The molecule has 7 atom stereocenters. The van der Waals surface area contributed by atoms with Crippen LogP contribution in [-0.2, 0) is 4.79 Å². The van der Waals surface area contributed by atoms with E-state index in [0.29, 0.717) is 12.3 Å². The minimum absolute atomic E-state index is 0.0334. The Morgan fingerprint density at radius 3 is 2.69 bits per heavy atom. The Bertz CT molecular complexity index is 747. The van der Waals surface area contributed by atoms with Crippen molar-refractivity contribution in [1.82, 2.24) is 0 Å². The van der Waals surface area contributed by atoms with Crippen molar-refractivity contribution in [2.75, 3.05) is 5.75 Å². The molecule has 4 aliphatic carbocycles. The maximum Gasteiger partial charge on any atom is 0.178 e. The van der Waals surface area contributed by atoms with E-state index in [4.69, 9.17) is 0 Å². The largest absolute Gasteiger partial charge is 0.390 e. The molecule has 3 fully saturated rings. The van der Waals surface area contributed by atoms with Crippen LogP contribution >= 0.6 is 11.8 Å². The summed E-state index contributed by atoms with van der Waals surface area (Å²) in [6.07, 6.45) is 11.7.